The van der Waals surface area contributed by atoms with Crippen molar-refractivity contribution in [2.24, 2.45) is 0 Å². The zero-order chi connectivity index (χ0) is 16.6. The van der Waals surface area contributed by atoms with Crippen molar-refractivity contribution in [1.82, 2.24) is 14.8 Å². The largest absolute Gasteiger partial charge is 0.358 e. The van der Waals surface area contributed by atoms with E-state index >= 15 is 0 Å². The van der Waals surface area contributed by atoms with Crippen LogP contribution in [0.5, 0.6) is 0 Å². The number of aromatic nitrogens is 1. The molecule has 4 heteroatoms. The Labute approximate surface area is 138 Å². The van der Waals surface area contributed by atoms with Crippen LogP contribution in [-0.4, -0.2) is 53.4 Å². The number of rotatable bonds is 3. The first-order chi connectivity index (χ1) is 10.9. The number of piperazine rings is 1. The van der Waals surface area contributed by atoms with Crippen molar-refractivity contribution >= 4 is 16.8 Å². The number of nitrogens with zero attached hydrogens (tertiary/aromatic N) is 2. The zero-order valence-electron chi connectivity index (χ0n) is 14.6. The van der Waals surface area contributed by atoms with E-state index in [1.807, 2.05) is 17.0 Å². The van der Waals surface area contributed by atoms with Crippen LogP contribution in [0.15, 0.2) is 24.3 Å². The van der Waals surface area contributed by atoms with Gasteiger partial charge in [0.05, 0.1) is 5.41 Å². The third-order valence-electron chi connectivity index (χ3n) is 5.16. The molecule has 1 N–H and O–H groups in total. The summed E-state index contributed by atoms with van der Waals surface area (Å²) in [5.41, 5.74) is 2.82. The Morgan fingerprint density at radius 1 is 1.17 bits per heavy atom. The average molecular weight is 313 g/mol. The molecule has 1 saturated heterocycles. The Hall–Kier alpha value is -1.81. The van der Waals surface area contributed by atoms with Gasteiger partial charge < -0.3 is 14.8 Å². The molecule has 124 valence electrons. The molecule has 4 nitrogen and oxygen atoms in total. The van der Waals surface area contributed by atoms with Gasteiger partial charge in [-0.1, -0.05) is 25.1 Å². The van der Waals surface area contributed by atoms with Crippen molar-refractivity contribution in [2.75, 3.05) is 32.7 Å². The highest BCUT2D eigenvalue weighted by molar-refractivity contribution is 5.95. The molecule has 1 amide bonds. The second kappa shape index (κ2) is 6.00. The molecule has 0 aliphatic carbocycles. The number of likely N-dealkylation sites (N-methyl/N-ethyl adjacent to an activating group) is 1. The standard InChI is InChI=1S/C19H27N3O/c1-5-21-10-12-22(13-11-21)18(23)19(3,4)17-14(2)20-16-9-7-6-8-15(16)17/h6-9,20H,5,10-13H2,1-4H3. The third-order valence-corrected chi connectivity index (χ3v) is 5.16. The smallest absolute Gasteiger partial charge is 0.232 e. The number of amides is 1. The molecule has 3 rings (SSSR count). The van der Waals surface area contributed by atoms with Crippen LogP contribution in [0.25, 0.3) is 10.9 Å². The molecule has 2 heterocycles. The van der Waals surface area contributed by atoms with Crippen molar-refractivity contribution in [3.05, 3.63) is 35.5 Å². The SMILES string of the molecule is CCN1CCN(C(=O)C(C)(C)c2c(C)[nH]c3ccccc23)CC1. The lowest BCUT2D eigenvalue weighted by Gasteiger charge is -2.38. The quantitative estimate of drug-likeness (QED) is 0.946. The van der Waals surface area contributed by atoms with Crippen molar-refractivity contribution < 1.29 is 4.79 Å². The number of hydrogen-bond acceptors (Lipinski definition) is 2. The van der Waals surface area contributed by atoms with E-state index in [0.717, 1.165) is 54.9 Å². The normalized spacial score (nSPS) is 17.0. The number of hydrogen-bond donors (Lipinski definition) is 1. The van der Waals surface area contributed by atoms with E-state index in [1.165, 1.54) is 0 Å². The zero-order valence-corrected chi connectivity index (χ0v) is 14.6. The van der Waals surface area contributed by atoms with Crippen LogP contribution in [0.2, 0.25) is 0 Å². The highest BCUT2D eigenvalue weighted by Crippen LogP contribution is 2.35. The lowest BCUT2D eigenvalue weighted by molar-refractivity contribution is -0.138. The summed E-state index contributed by atoms with van der Waals surface area (Å²) in [6.07, 6.45) is 0. The molecule has 0 saturated carbocycles. The predicted octanol–water partition coefficient (Wildman–Crippen LogP) is 2.92. The maximum absolute atomic E-state index is 13.2. The van der Waals surface area contributed by atoms with Crippen LogP contribution in [0, 0.1) is 6.92 Å². The summed E-state index contributed by atoms with van der Waals surface area (Å²) >= 11 is 0. The molecule has 1 aromatic heterocycles. The Morgan fingerprint density at radius 2 is 1.83 bits per heavy atom. The second-order valence-electron chi connectivity index (χ2n) is 7.02. The number of para-hydroxylation sites is 1. The molecule has 0 spiro atoms. The van der Waals surface area contributed by atoms with Crippen LogP contribution < -0.4 is 0 Å². The number of fused-ring (bicyclic) bond motifs is 1. The van der Waals surface area contributed by atoms with Gasteiger partial charge in [-0.15, -0.1) is 0 Å². The van der Waals surface area contributed by atoms with Gasteiger partial charge >= 0.3 is 0 Å². The topological polar surface area (TPSA) is 39.3 Å². The van der Waals surface area contributed by atoms with Gasteiger partial charge in [-0.2, -0.15) is 0 Å². The van der Waals surface area contributed by atoms with E-state index < -0.39 is 5.41 Å². The van der Waals surface area contributed by atoms with Crippen molar-refractivity contribution in [2.45, 2.75) is 33.1 Å². The summed E-state index contributed by atoms with van der Waals surface area (Å²) in [4.78, 5) is 21.1. The highest BCUT2D eigenvalue weighted by atomic mass is 16.2. The maximum Gasteiger partial charge on any atom is 0.232 e. The van der Waals surface area contributed by atoms with Gasteiger partial charge in [0.2, 0.25) is 5.91 Å². The minimum Gasteiger partial charge on any atom is -0.358 e. The molecule has 0 bridgehead atoms. The fourth-order valence-electron chi connectivity index (χ4n) is 3.85. The molecular weight excluding hydrogens is 286 g/mol. The summed E-state index contributed by atoms with van der Waals surface area (Å²) in [5.74, 6) is 0.237. The minimum absolute atomic E-state index is 0.237. The number of benzene rings is 1. The van der Waals surface area contributed by atoms with E-state index in [-0.39, 0.29) is 5.91 Å². The van der Waals surface area contributed by atoms with E-state index in [1.54, 1.807) is 0 Å². The first kappa shape index (κ1) is 16.1. The number of aryl methyl sites for hydroxylation is 1. The van der Waals surface area contributed by atoms with Crippen molar-refractivity contribution in [1.29, 1.82) is 0 Å². The average Bonchev–Trinajstić information content (AvgIpc) is 2.90. The van der Waals surface area contributed by atoms with Crippen molar-refractivity contribution in [3.8, 4) is 0 Å². The lowest BCUT2D eigenvalue weighted by atomic mass is 9.81. The van der Waals surface area contributed by atoms with Crippen molar-refractivity contribution in [3.63, 3.8) is 0 Å². The van der Waals surface area contributed by atoms with Crippen LogP contribution >= 0.6 is 0 Å². The number of H-pyrrole nitrogens is 1. The van der Waals surface area contributed by atoms with E-state index in [0.29, 0.717) is 0 Å². The molecule has 1 fully saturated rings. The van der Waals surface area contributed by atoms with Gasteiger partial charge in [0.15, 0.2) is 0 Å². The molecule has 1 aromatic carbocycles. The molecule has 0 radical (unpaired) electrons. The Morgan fingerprint density at radius 3 is 2.48 bits per heavy atom. The molecular formula is C19H27N3O. The van der Waals surface area contributed by atoms with E-state index in [2.05, 4.69) is 49.7 Å². The molecule has 1 aliphatic rings. The van der Waals surface area contributed by atoms with Crippen LogP contribution in [0.3, 0.4) is 0 Å². The fourth-order valence-corrected chi connectivity index (χ4v) is 3.85. The minimum atomic E-state index is -0.516. The summed E-state index contributed by atoms with van der Waals surface area (Å²) in [6, 6.07) is 8.26. The van der Waals surface area contributed by atoms with E-state index in [9.17, 15) is 4.79 Å². The van der Waals surface area contributed by atoms with Gasteiger partial charge in [-0.05, 0) is 38.9 Å². The number of carbonyl (C=O) groups is 1. The molecule has 1 aliphatic heterocycles. The first-order valence-corrected chi connectivity index (χ1v) is 8.54. The van der Waals surface area contributed by atoms with Gasteiger partial charge in [-0.3, -0.25) is 4.79 Å². The molecule has 23 heavy (non-hydrogen) atoms. The number of carbonyl (C=O) groups excluding carboxylic acids is 1. The second-order valence-corrected chi connectivity index (χ2v) is 7.02. The maximum atomic E-state index is 13.2. The molecule has 0 unspecified atom stereocenters. The summed E-state index contributed by atoms with van der Waals surface area (Å²) < 4.78 is 0. The highest BCUT2D eigenvalue weighted by Gasteiger charge is 2.37. The van der Waals surface area contributed by atoms with Gasteiger partial charge in [-0.25, -0.2) is 0 Å². The summed E-state index contributed by atoms with van der Waals surface area (Å²) in [5, 5.41) is 1.16. The number of nitrogens with one attached hydrogen (secondary N) is 1. The van der Waals surface area contributed by atoms with E-state index in [4.69, 9.17) is 0 Å². The Bertz CT molecular complexity index is 708. The molecule has 0 atom stereocenters. The Balaban J connectivity index is 1.91. The summed E-state index contributed by atoms with van der Waals surface area (Å²) in [6.45, 7) is 13.0. The van der Waals surface area contributed by atoms with Crippen LogP contribution in [0.1, 0.15) is 32.0 Å². The first-order valence-electron chi connectivity index (χ1n) is 8.54. The number of aromatic amines is 1. The lowest BCUT2D eigenvalue weighted by Crippen LogP contribution is -2.53. The fraction of sp³-hybridized carbons (Fsp3) is 0.526. The predicted molar refractivity (Wildman–Crippen MR) is 94.8 cm³/mol. The van der Waals surface area contributed by atoms with Gasteiger partial charge in [0.1, 0.15) is 0 Å². The Kier molecular flexibility index (Phi) is 4.19. The third kappa shape index (κ3) is 2.76. The van der Waals surface area contributed by atoms with Crippen LogP contribution in [0.4, 0.5) is 0 Å². The summed E-state index contributed by atoms with van der Waals surface area (Å²) in [7, 11) is 0. The van der Waals surface area contributed by atoms with Gasteiger partial charge in [0.25, 0.3) is 0 Å². The van der Waals surface area contributed by atoms with Crippen LogP contribution in [-0.2, 0) is 10.2 Å². The van der Waals surface area contributed by atoms with Gasteiger partial charge in [0, 0.05) is 42.8 Å². The monoisotopic (exact) mass is 313 g/mol. The molecule has 2 aromatic rings.